The van der Waals surface area contributed by atoms with Crippen LogP contribution in [-0.4, -0.2) is 20.5 Å². The van der Waals surface area contributed by atoms with E-state index in [0.29, 0.717) is 19.4 Å². The van der Waals surface area contributed by atoms with Crippen LogP contribution >= 0.6 is 0 Å². The molecule has 0 saturated heterocycles. The first-order valence-corrected chi connectivity index (χ1v) is 7.27. The van der Waals surface area contributed by atoms with Crippen molar-refractivity contribution in [1.29, 1.82) is 0 Å². The van der Waals surface area contributed by atoms with Crippen molar-refractivity contribution in [1.82, 2.24) is 4.72 Å². The number of nitrogens with two attached hydrogens (primary N) is 1. The molecular formula is C12H20N2O2S. The van der Waals surface area contributed by atoms with Gasteiger partial charge < -0.3 is 5.73 Å². The van der Waals surface area contributed by atoms with E-state index in [1.54, 1.807) is 30.3 Å². The van der Waals surface area contributed by atoms with E-state index in [0.717, 1.165) is 0 Å². The molecule has 0 aliphatic carbocycles. The Kier molecular flexibility index (Phi) is 4.68. The van der Waals surface area contributed by atoms with Crippen molar-refractivity contribution >= 4 is 10.0 Å². The minimum atomic E-state index is -3.48. The average Bonchev–Trinajstić information content (AvgIpc) is 2.37. The molecule has 0 spiro atoms. The summed E-state index contributed by atoms with van der Waals surface area (Å²) in [6, 6.07) is 8.35. The summed E-state index contributed by atoms with van der Waals surface area (Å²) in [5.74, 6) is 0. The van der Waals surface area contributed by atoms with Crippen molar-refractivity contribution in [2.24, 2.45) is 5.73 Å². The van der Waals surface area contributed by atoms with Crippen molar-refractivity contribution in [3.8, 4) is 0 Å². The Hall–Kier alpha value is -0.910. The molecule has 4 nitrogen and oxygen atoms in total. The lowest BCUT2D eigenvalue weighted by molar-refractivity contribution is 0.363. The maximum Gasteiger partial charge on any atom is 0.241 e. The van der Waals surface area contributed by atoms with Crippen LogP contribution in [0.1, 0.15) is 26.7 Å². The van der Waals surface area contributed by atoms with Gasteiger partial charge in [0.1, 0.15) is 0 Å². The summed E-state index contributed by atoms with van der Waals surface area (Å²) in [5.41, 5.74) is 5.14. The zero-order valence-electron chi connectivity index (χ0n) is 10.3. The van der Waals surface area contributed by atoms with Crippen molar-refractivity contribution in [2.75, 3.05) is 6.54 Å². The van der Waals surface area contributed by atoms with Gasteiger partial charge in [-0.2, -0.15) is 0 Å². The van der Waals surface area contributed by atoms with E-state index in [2.05, 4.69) is 4.72 Å². The molecule has 0 unspecified atom stereocenters. The highest BCUT2D eigenvalue weighted by Crippen LogP contribution is 2.18. The smallest absolute Gasteiger partial charge is 0.241 e. The van der Waals surface area contributed by atoms with Crippen LogP contribution in [0.3, 0.4) is 0 Å². The van der Waals surface area contributed by atoms with E-state index in [1.165, 1.54) is 0 Å². The number of sulfonamides is 1. The fourth-order valence-corrected chi connectivity index (χ4v) is 3.24. The molecule has 1 aromatic carbocycles. The quantitative estimate of drug-likeness (QED) is 0.810. The van der Waals surface area contributed by atoms with Crippen LogP contribution in [-0.2, 0) is 10.0 Å². The maximum atomic E-state index is 12.2. The highest BCUT2D eigenvalue weighted by molar-refractivity contribution is 7.89. The minimum Gasteiger partial charge on any atom is -0.329 e. The monoisotopic (exact) mass is 256 g/mol. The molecule has 1 aromatic rings. The Balaban J connectivity index is 3.01. The van der Waals surface area contributed by atoms with Gasteiger partial charge in [0.2, 0.25) is 10.0 Å². The summed E-state index contributed by atoms with van der Waals surface area (Å²) >= 11 is 0. The number of hydrogen-bond donors (Lipinski definition) is 2. The molecule has 0 heterocycles. The second-order valence-corrected chi connectivity index (χ2v) is 5.79. The maximum absolute atomic E-state index is 12.2. The zero-order valence-corrected chi connectivity index (χ0v) is 11.1. The third-order valence-electron chi connectivity index (χ3n) is 3.15. The lowest BCUT2D eigenvalue weighted by atomic mass is 9.95. The molecule has 0 fully saturated rings. The van der Waals surface area contributed by atoms with Crippen LogP contribution in [0.4, 0.5) is 0 Å². The highest BCUT2D eigenvalue weighted by Gasteiger charge is 2.30. The van der Waals surface area contributed by atoms with E-state index in [9.17, 15) is 8.42 Å². The molecule has 0 saturated carbocycles. The lowest BCUT2D eigenvalue weighted by Gasteiger charge is -2.30. The molecule has 0 amide bonds. The van der Waals surface area contributed by atoms with Gasteiger partial charge in [-0.1, -0.05) is 32.0 Å². The molecule has 96 valence electrons. The SMILES string of the molecule is CCC(CC)(CN)NS(=O)(=O)c1ccccc1. The van der Waals surface area contributed by atoms with Gasteiger partial charge in [0, 0.05) is 12.1 Å². The standard InChI is InChI=1S/C12H20N2O2S/c1-3-12(4-2,10-13)14-17(15,16)11-8-6-5-7-9-11/h5-9,14H,3-4,10,13H2,1-2H3. The largest absolute Gasteiger partial charge is 0.329 e. The Labute approximate surface area is 103 Å². The van der Waals surface area contributed by atoms with Gasteiger partial charge in [0.25, 0.3) is 0 Å². The lowest BCUT2D eigenvalue weighted by Crippen LogP contribution is -2.52. The summed E-state index contributed by atoms with van der Waals surface area (Å²) in [5, 5.41) is 0. The van der Waals surface area contributed by atoms with E-state index in [1.807, 2.05) is 13.8 Å². The van der Waals surface area contributed by atoms with Gasteiger partial charge in [-0.15, -0.1) is 0 Å². The van der Waals surface area contributed by atoms with Crippen LogP contribution in [0.2, 0.25) is 0 Å². The first kappa shape index (κ1) is 14.2. The number of rotatable bonds is 6. The van der Waals surface area contributed by atoms with Crippen LogP contribution in [0, 0.1) is 0 Å². The van der Waals surface area contributed by atoms with Crippen molar-refractivity contribution < 1.29 is 8.42 Å². The average molecular weight is 256 g/mol. The predicted octanol–water partition coefficient (Wildman–Crippen LogP) is 1.48. The van der Waals surface area contributed by atoms with Crippen LogP contribution in [0.25, 0.3) is 0 Å². The van der Waals surface area contributed by atoms with Gasteiger partial charge in [0.15, 0.2) is 0 Å². The number of hydrogen-bond acceptors (Lipinski definition) is 3. The molecule has 0 aromatic heterocycles. The van der Waals surface area contributed by atoms with Crippen LogP contribution in [0.15, 0.2) is 35.2 Å². The fourth-order valence-electron chi connectivity index (χ4n) is 1.67. The van der Waals surface area contributed by atoms with Gasteiger partial charge in [-0.05, 0) is 25.0 Å². The van der Waals surface area contributed by atoms with Crippen molar-refractivity contribution in [2.45, 2.75) is 37.1 Å². The van der Waals surface area contributed by atoms with Crippen molar-refractivity contribution in [3.05, 3.63) is 30.3 Å². The van der Waals surface area contributed by atoms with Crippen LogP contribution < -0.4 is 10.5 Å². The summed E-state index contributed by atoms with van der Waals surface area (Å²) in [7, 11) is -3.48. The molecule has 0 atom stereocenters. The Morgan fingerprint density at radius 3 is 2.12 bits per heavy atom. The van der Waals surface area contributed by atoms with Gasteiger partial charge in [-0.25, -0.2) is 13.1 Å². The third-order valence-corrected chi connectivity index (χ3v) is 4.74. The second-order valence-electron chi connectivity index (χ2n) is 4.11. The molecule has 3 N–H and O–H groups in total. The summed E-state index contributed by atoms with van der Waals surface area (Å²) in [6.07, 6.45) is 1.35. The Morgan fingerprint density at radius 2 is 1.71 bits per heavy atom. The Morgan fingerprint density at radius 1 is 1.18 bits per heavy atom. The predicted molar refractivity (Wildman–Crippen MR) is 69.1 cm³/mol. The summed E-state index contributed by atoms with van der Waals surface area (Å²) in [4.78, 5) is 0.278. The van der Waals surface area contributed by atoms with E-state index >= 15 is 0 Å². The molecule has 0 aliphatic heterocycles. The molecule has 0 bridgehead atoms. The van der Waals surface area contributed by atoms with Gasteiger partial charge >= 0.3 is 0 Å². The van der Waals surface area contributed by atoms with Gasteiger partial charge in [0.05, 0.1) is 4.90 Å². The van der Waals surface area contributed by atoms with Gasteiger partial charge in [-0.3, -0.25) is 0 Å². The van der Waals surface area contributed by atoms with Crippen LogP contribution in [0.5, 0.6) is 0 Å². The number of nitrogens with one attached hydrogen (secondary N) is 1. The highest BCUT2D eigenvalue weighted by atomic mass is 32.2. The third kappa shape index (κ3) is 3.28. The van der Waals surface area contributed by atoms with Crippen molar-refractivity contribution in [3.63, 3.8) is 0 Å². The summed E-state index contributed by atoms with van der Waals surface area (Å²) in [6.45, 7) is 4.17. The van der Waals surface area contributed by atoms with E-state index in [4.69, 9.17) is 5.73 Å². The topological polar surface area (TPSA) is 72.2 Å². The first-order chi connectivity index (χ1) is 7.99. The minimum absolute atomic E-state index is 0.278. The molecular weight excluding hydrogens is 236 g/mol. The molecule has 5 heteroatoms. The van der Waals surface area contributed by atoms with E-state index in [-0.39, 0.29) is 4.90 Å². The normalized spacial score (nSPS) is 12.6. The Bertz CT molecular complexity index is 431. The first-order valence-electron chi connectivity index (χ1n) is 5.79. The molecule has 1 rings (SSSR count). The molecule has 0 radical (unpaired) electrons. The molecule has 17 heavy (non-hydrogen) atoms. The second kappa shape index (κ2) is 5.62. The fraction of sp³-hybridized carbons (Fsp3) is 0.500. The summed E-state index contributed by atoms with van der Waals surface area (Å²) < 4.78 is 27.0. The number of benzene rings is 1. The van der Waals surface area contributed by atoms with E-state index < -0.39 is 15.6 Å². The zero-order chi connectivity index (χ0) is 12.9. The molecule has 0 aliphatic rings.